The maximum absolute atomic E-state index is 12.2. The Labute approximate surface area is 134 Å². The van der Waals surface area contributed by atoms with Crippen molar-refractivity contribution in [2.75, 3.05) is 13.2 Å². The van der Waals surface area contributed by atoms with Gasteiger partial charge in [0.2, 0.25) is 0 Å². The van der Waals surface area contributed by atoms with Crippen molar-refractivity contribution >= 4 is 23.2 Å². The molecule has 0 unspecified atom stereocenters. The largest absolute Gasteiger partial charge is 0.466 e. The lowest BCUT2D eigenvalue weighted by Crippen LogP contribution is -2.39. The molecule has 0 aromatic carbocycles. The van der Waals surface area contributed by atoms with E-state index in [1.807, 2.05) is 6.92 Å². The number of nitrogens with two attached hydrogens (primary N) is 1. The minimum Gasteiger partial charge on any atom is -0.466 e. The number of hydrogen-bond donors (Lipinski definition) is 2. The van der Waals surface area contributed by atoms with E-state index >= 15 is 0 Å². The third-order valence-corrected chi connectivity index (χ3v) is 4.73. The Bertz CT molecular complexity index is 510. The number of carbonyl (C=O) groups excluding carboxylic acids is 2. The van der Waals surface area contributed by atoms with Crippen molar-refractivity contribution in [2.45, 2.75) is 45.1 Å². The van der Waals surface area contributed by atoms with E-state index in [9.17, 15) is 9.59 Å². The van der Waals surface area contributed by atoms with Gasteiger partial charge in [-0.15, -0.1) is 11.3 Å². The molecule has 1 aliphatic rings. The molecule has 6 nitrogen and oxygen atoms in total. The summed E-state index contributed by atoms with van der Waals surface area (Å²) in [6, 6.07) is 0.109. The highest BCUT2D eigenvalue weighted by atomic mass is 32.1. The predicted octanol–water partition coefficient (Wildman–Crippen LogP) is 1.50. The normalized spacial score (nSPS) is 21.4. The van der Waals surface area contributed by atoms with Crippen LogP contribution in [0.3, 0.4) is 0 Å². The summed E-state index contributed by atoms with van der Waals surface area (Å²) >= 11 is 1.46. The molecule has 2 rings (SSSR count). The molecule has 1 heterocycles. The number of aromatic nitrogens is 1. The molecule has 1 saturated carbocycles. The van der Waals surface area contributed by atoms with Crippen molar-refractivity contribution in [3.05, 3.63) is 16.1 Å². The number of ether oxygens (including phenoxy) is 1. The number of nitrogens with one attached hydrogen (secondary N) is 1. The number of nitrogens with zero attached hydrogens (tertiary/aromatic N) is 1. The zero-order chi connectivity index (χ0) is 15.9. The Morgan fingerprint density at radius 2 is 2.14 bits per heavy atom. The monoisotopic (exact) mass is 325 g/mol. The third kappa shape index (κ3) is 4.51. The van der Waals surface area contributed by atoms with Crippen LogP contribution in [0.2, 0.25) is 0 Å². The molecule has 1 amide bonds. The van der Waals surface area contributed by atoms with Crippen LogP contribution in [-0.2, 0) is 16.0 Å². The molecule has 0 bridgehead atoms. The van der Waals surface area contributed by atoms with Gasteiger partial charge < -0.3 is 15.8 Å². The number of carbonyl (C=O) groups is 2. The standard InChI is InChI=1S/C15H23N3O3S/c1-2-21-15(20)10-3-5-11(6-4-10)17-14(19)12-9-22-13(18-12)7-8-16/h9-11H,2-8,16H2,1H3,(H,17,19). The number of thiazole rings is 1. The van der Waals surface area contributed by atoms with Crippen LogP contribution in [0.5, 0.6) is 0 Å². The third-order valence-electron chi connectivity index (χ3n) is 3.82. The van der Waals surface area contributed by atoms with E-state index in [0.29, 0.717) is 25.3 Å². The zero-order valence-corrected chi connectivity index (χ0v) is 13.7. The van der Waals surface area contributed by atoms with Gasteiger partial charge in [0, 0.05) is 17.8 Å². The first-order chi connectivity index (χ1) is 10.6. The van der Waals surface area contributed by atoms with Gasteiger partial charge in [-0.25, -0.2) is 4.98 Å². The summed E-state index contributed by atoms with van der Waals surface area (Å²) in [6.07, 6.45) is 3.82. The highest BCUT2D eigenvalue weighted by Crippen LogP contribution is 2.25. The summed E-state index contributed by atoms with van der Waals surface area (Å²) in [5.41, 5.74) is 5.94. The lowest BCUT2D eigenvalue weighted by Gasteiger charge is -2.27. The Morgan fingerprint density at radius 1 is 1.41 bits per heavy atom. The van der Waals surface area contributed by atoms with Crippen molar-refractivity contribution in [1.82, 2.24) is 10.3 Å². The minimum absolute atomic E-state index is 0.0245. The second kappa shape index (κ2) is 8.24. The van der Waals surface area contributed by atoms with Crippen LogP contribution in [0.25, 0.3) is 0 Å². The molecule has 3 N–H and O–H groups in total. The van der Waals surface area contributed by atoms with Crippen molar-refractivity contribution in [3.63, 3.8) is 0 Å². The molecule has 1 aromatic rings. The molecule has 7 heteroatoms. The van der Waals surface area contributed by atoms with Crippen molar-refractivity contribution in [3.8, 4) is 0 Å². The van der Waals surface area contributed by atoms with E-state index in [4.69, 9.17) is 10.5 Å². The first kappa shape index (κ1) is 16.9. The zero-order valence-electron chi connectivity index (χ0n) is 12.8. The number of rotatable bonds is 6. The highest BCUT2D eigenvalue weighted by molar-refractivity contribution is 7.09. The topological polar surface area (TPSA) is 94.3 Å². The van der Waals surface area contributed by atoms with Crippen LogP contribution in [0, 0.1) is 5.92 Å². The number of amides is 1. The Morgan fingerprint density at radius 3 is 2.77 bits per heavy atom. The first-order valence-electron chi connectivity index (χ1n) is 7.76. The van der Waals surface area contributed by atoms with Gasteiger partial charge in [-0.2, -0.15) is 0 Å². The molecule has 0 atom stereocenters. The van der Waals surface area contributed by atoms with Crippen LogP contribution in [0.4, 0.5) is 0 Å². The fourth-order valence-corrected chi connectivity index (χ4v) is 3.44. The van der Waals surface area contributed by atoms with Crippen molar-refractivity contribution in [1.29, 1.82) is 0 Å². The molecular formula is C15H23N3O3S. The average molecular weight is 325 g/mol. The minimum atomic E-state index is -0.140. The lowest BCUT2D eigenvalue weighted by atomic mass is 9.86. The van der Waals surface area contributed by atoms with E-state index in [1.165, 1.54) is 11.3 Å². The van der Waals surface area contributed by atoms with E-state index in [0.717, 1.165) is 30.7 Å². The van der Waals surface area contributed by atoms with Gasteiger partial charge in [-0.3, -0.25) is 9.59 Å². The second-order valence-corrected chi connectivity index (χ2v) is 6.38. The van der Waals surface area contributed by atoms with E-state index in [-0.39, 0.29) is 23.8 Å². The van der Waals surface area contributed by atoms with Gasteiger partial charge in [0.1, 0.15) is 5.69 Å². The Balaban J connectivity index is 1.79. The van der Waals surface area contributed by atoms with E-state index in [2.05, 4.69) is 10.3 Å². The molecular weight excluding hydrogens is 302 g/mol. The molecule has 22 heavy (non-hydrogen) atoms. The summed E-state index contributed by atoms with van der Waals surface area (Å²) in [5, 5.41) is 5.66. The summed E-state index contributed by atoms with van der Waals surface area (Å²) in [7, 11) is 0. The van der Waals surface area contributed by atoms with Gasteiger partial charge in [-0.1, -0.05) is 0 Å². The second-order valence-electron chi connectivity index (χ2n) is 5.44. The smallest absolute Gasteiger partial charge is 0.308 e. The molecule has 1 aromatic heterocycles. The van der Waals surface area contributed by atoms with E-state index in [1.54, 1.807) is 5.38 Å². The molecule has 0 aliphatic heterocycles. The molecule has 1 fully saturated rings. The predicted molar refractivity (Wildman–Crippen MR) is 84.7 cm³/mol. The van der Waals surface area contributed by atoms with Gasteiger partial charge in [0.25, 0.3) is 5.91 Å². The molecule has 0 radical (unpaired) electrons. The lowest BCUT2D eigenvalue weighted by molar-refractivity contribution is -0.149. The molecule has 0 spiro atoms. The Hall–Kier alpha value is -1.47. The van der Waals surface area contributed by atoms with Crippen LogP contribution in [0.15, 0.2) is 5.38 Å². The van der Waals surface area contributed by atoms with Crippen molar-refractivity contribution < 1.29 is 14.3 Å². The average Bonchev–Trinajstić information content (AvgIpc) is 2.97. The molecule has 122 valence electrons. The van der Waals surface area contributed by atoms with Gasteiger partial charge in [-0.05, 0) is 39.2 Å². The quantitative estimate of drug-likeness (QED) is 0.773. The van der Waals surface area contributed by atoms with Crippen LogP contribution < -0.4 is 11.1 Å². The maximum atomic E-state index is 12.2. The first-order valence-corrected chi connectivity index (χ1v) is 8.64. The maximum Gasteiger partial charge on any atom is 0.308 e. The summed E-state index contributed by atoms with van der Waals surface area (Å²) in [5.74, 6) is -0.277. The fraction of sp³-hybridized carbons (Fsp3) is 0.667. The summed E-state index contributed by atoms with van der Waals surface area (Å²) in [6.45, 7) is 2.77. The molecule has 0 saturated heterocycles. The summed E-state index contributed by atoms with van der Waals surface area (Å²) < 4.78 is 5.05. The SMILES string of the molecule is CCOC(=O)C1CCC(NC(=O)c2csc(CCN)n2)CC1. The van der Waals surface area contributed by atoms with Crippen LogP contribution in [0.1, 0.15) is 48.1 Å². The van der Waals surface area contributed by atoms with Crippen molar-refractivity contribution in [2.24, 2.45) is 11.7 Å². The van der Waals surface area contributed by atoms with Gasteiger partial charge in [0.15, 0.2) is 0 Å². The van der Waals surface area contributed by atoms with Crippen LogP contribution >= 0.6 is 11.3 Å². The summed E-state index contributed by atoms with van der Waals surface area (Å²) in [4.78, 5) is 28.1. The Kier molecular flexibility index (Phi) is 6.33. The number of hydrogen-bond acceptors (Lipinski definition) is 6. The van der Waals surface area contributed by atoms with Gasteiger partial charge >= 0.3 is 5.97 Å². The highest BCUT2D eigenvalue weighted by Gasteiger charge is 2.28. The van der Waals surface area contributed by atoms with Crippen LogP contribution in [-0.4, -0.2) is 36.1 Å². The van der Waals surface area contributed by atoms with E-state index < -0.39 is 0 Å². The van der Waals surface area contributed by atoms with Gasteiger partial charge in [0.05, 0.1) is 17.5 Å². The fourth-order valence-electron chi connectivity index (χ4n) is 2.65. The molecule has 1 aliphatic carbocycles. The number of esters is 1.